The molecule has 0 aliphatic carbocycles. The minimum Gasteiger partial charge on any atom is -0.481 e. The number of hydrogen-bond donors (Lipinski definition) is 16. The summed E-state index contributed by atoms with van der Waals surface area (Å²) in [6.45, 7) is 14.7. The average Bonchev–Trinajstić information content (AvgIpc) is 0.912. The van der Waals surface area contributed by atoms with Gasteiger partial charge in [-0.2, -0.15) is 0 Å². The van der Waals surface area contributed by atoms with Crippen molar-refractivity contribution in [3.8, 4) is 0 Å². The van der Waals surface area contributed by atoms with Gasteiger partial charge in [0, 0.05) is 90.4 Å². The third kappa shape index (κ3) is 73.8. The lowest BCUT2D eigenvalue weighted by Gasteiger charge is -2.19. The highest BCUT2D eigenvalue weighted by molar-refractivity contribution is 5.91. The number of ketones is 5. The van der Waals surface area contributed by atoms with Crippen molar-refractivity contribution < 1.29 is 141 Å². The van der Waals surface area contributed by atoms with E-state index in [-0.39, 0.29) is 101 Å². The molecular weight excluding hydrogens is 1570 g/mol. The number of carboxylic acids is 7. The van der Waals surface area contributed by atoms with Gasteiger partial charge >= 0.3 is 59.9 Å². The molecule has 9 amide bonds. The van der Waals surface area contributed by atoms with E-state index in [1.807, 2.05) is 13.8 Å². The Morgan fingerprint density at radius 3 is 0.825 bits per heavy atom. The standard InChI is InChI=1S/C29H49N3O10.C28H49N3O8.C25H45N3O11/c1-3-4-7-12-21(27(38)39)19-22(34)13-8-5-6-9-15-25(35)30-18-11-10-14-24(28(40)41)32-29(42)31-23(20(2)33)16-17-26(36)37;1-3-4-5-6-9-14-22(33)15-10-7-8-11-17-25(34)29-20-13-12-16-24(27(37)38)31-28(39)30-23(21(2)32)18-19-26(35)36;1-3-11-36-13-15-38-17-18-39-16-14-37-12-9-22(30)26-10-5-4-6-21(24(33)34)28-25(35)27-20(19(2)29)7-8-23(31)32/h21,23-24H,3-19H2,1-2H3,(H,30,35)(H,36,37)(H,38,39)(H,40,41)(H2,31,32,42);23-24H,3-20H2,1-2H3,(H,29,34)(H,35,36)(H,37,38)(H2,30,31,39);20-21H,3-18H2,1-2H3,(H,26,30)(H,31,32)(H,33,34)(H2,27,28,35). The number of carbonyl (C=O) groups is 18. The largest absolute Gasteiger partial charge is 0.481 e. The van der Waals surface area contributed by atoms with E-state index in [4.69, 9.17) is 34.3 Å². The number of Topliss-reactive ketones (excluding diaryl/α,β-unsaturated/α-hetero) is 5. The van der Waals surface area contributed by atoms with E-state index < -0.39 is 119 Å². The molecule has 0 aliphatic heterocycles. The highest BCUT2D eigenvalue weighted by atomic mass is 16.6. The van der Waals surface area contributed by atoms with E-state index in [0.717, 1.165) is 83.7 Å². The monoisotopic (exact) mass is 1720 g/mol. The lowest BCUT2D eigenvalue weighted by molar-refractivity contribution is -0.144. The van der Waals surface area contributed by atoms with Crippen LogP contribution in [-0.4, -0.2) is 251 Å². The van der Waals surface area contributed by atoms with Crippen LogP contribution in [0.2, 0.25) is 0 Å². The summed E-state index contributed by atoms with van der Waals surface area (Å²) < 4.78 is 21.4. The zero-order valence-corrected chi connectivity index (χ0v) is 71.7. The summed E-state index contributed by atoms with van der Waals surface area (Å²) >= 11 is 0. The molecule has 0 aliphatic rings. The molecular formula is C82H143N9O29. The number of urea groups is 3. The predicted molar refractivity (Wildman–Crippen MR) is 441 cm³/mol. The fourth-order valence-corrected chi connectivity index (χ4v) is 11.5. The summed E-state index contributed by atoms with van der Waals surface area (Å²) in [6, 6.07) is -9.27. The second kappa shape index (κ2) is 77.1. The summed E-state index contributed by atoms with van der Waals surface area (Å²) in [6.07, 6.45) is 20.8. The molecule has 0 aromatic rings. The number of nitrogens with one attached hydrogen (secondary N) is 9. The van der Waals surface area contributed by atoms with Crippen LogP contribution in [0.15, 0.2) is 0 Å². The number of carboxylic acid groups (broad SMARTS) is 7. The number of rotatable bonds is 77. The maximum atomic E-state index is 12.1. The first kappa shape index (κ1) is 115. The fraction of sp³-hybridized carbons (Fsp3) is 0.780. The van der Waals surface area contributed by atoms with E-state index in [0.29, 0.717) is 155 Å². The molecule has 0 fully saturated rings. The SMILES string of the molecule is CCCCCC(CC(=O)CCCCCCC(=O)NCCCCC(NC(=O)NC(CCC(=O)O)C(C)=O)C(=O)O)C(=O)O.CCCCCCCC(=O)CCCCCCC(=O)NCCCCC(NC(=O)NC(CCC(=O)O)C(C)=O)C(=O)O.CCCOCCOCCOCCOCCC(=O)NCCCCC(NC(=O)NC(CCC(=O)O)C(C)=O)C(=O)O. The zero-order valence-electron chi connectivity index (χ0n) is 71.7. The van der Waals surface area contributed by atoms with Gasteiger partial charge in [-0.1, -0.05) is 91.4 Å². The summed E-state index contributed by atoms with van der Waals surface area (Å²) in [7, 11) is 0. The molecule has 38 heteroatoms. The van der Waals surface area contributed by atoms with Crippen molar-refractivity contribution in [3.63, 3.8) is 0 Å². The predicted octanol–water partition coefficient (Wildman–Crippen LogP) is 8.26. The number of ether oxygens (including phenoxy) is 4. The molecule has 0 spiro atoms. The van der Waals surface area contributed by atoms with Gasteiger partial charge in [-0.3, -0.25) is 57.5 Å². The topological polar surface area (TPSA) is 594 Å². The first-order valence-corrected chi connectivity index (χ1v) is 42.5. The molecule has 0 heterocycles. The molecule has 120 heavy (non-hydrogen) atoms. The summed E-state index contributed by atoms with van der Waals surface area (Å²) in [5.74, 6) is -9.99. The lowest BCUT2D eigenvalue weighted by atomic mass is 9.94. The fourth-order valence-electron chi connectivity index (χ4n) is 11.5. The molecule has 38 nitrogen and oxygen atoms in total. The molecule has 0 saturated heterocycles. The van der Waals surface area contributed by atoms with Crippen LogP contribution in [0, 0.1) is 5.92 Å². The van der Waals surface area contributed by atoms with Crippen LogP contribution in [-0.2, 0) is 90.9 Å². The van der Waals surface area contributed by atoms with Crippen LogP contribution in [0.3, 0.4) is 0 Å². The van der Waals surface area contributed by atoms with Gasteiger partial charge in [0.05, 0.1) is 70.3 Å². The molecule has 0 saturated carbocycles. The van der Waals surface area contributed by atoms with Gasteiger partial charge in [-0.05, 0) is 143 Å². The van der Waals surface area contributed by atoms with Crippen LogP contribution in [0.4, 0.5) is 14.4 Å². The third-order valence-electron chi connectivity index (χ3n) is 18.6. The Morgan fingerprint density at radius 1 is 0.250 bits per heavy atom. The number of amides is 9. The van der Waals surface area contributed by atoms with Gasteiger partial charge in [0.2, 0.25) is 17.7 Å². The lowest BCUT2D eigenvalue weighted by Crippen LogP contribution is -2.50. The van der Waals surface area contributed by atoms with Crippen LogP contribution >= 0.6 is 0 Å². The van der Waals surface area contributed by atoms with Crippen molar-refractivity contribution >= 4 is 107 Å². The van der Waals surface area contributed by atoms with Gasteiger partial charge in [-0.25, -0.2) is 28.8 Å². The van der Waals surface area contributed by atoms with E-state index in [9.17, 15) is 107 Å². The van der Waals surface area contributed by atoms with Crippen molar-refractivity contribution in [1.82, 2.24) is 47.9 Å². The number of aliphatic carboxylic acids is 7. The van der Waals surface area contributed by atoms with Crippen molar-refractivity contribution in [3.05, 3.63) is 0 Å². The molecule has 0 radical (unpaired) electrons. The van der Waals surface area contributed by atoms with Gasteiger partial charge in [-0.15, -0.1) is 0 Å². The molecule has 7 unspecified atom stereocenters. The molecule has 690 valence electrons. The normalized spacial score (nSPS) is 12.5. The minimum atomic E-state index is -1.26. The highest BCUT2D eigenvalue weighted by Crippen LogP contribution is 2.18. The van der Waals surface area contributed by atoms with E-state index in [1.54, 1.807) is 0 Å². The Hall–Kier alpha value is -9.30. The van der Waals surface area contributed by atoms with Crippen molar-refractivity contribution in [2.45, 2.75) is 335 Å². The van der Waals surface area contributed by atoms with Gasteiger partial charge in [0.1, 0.15) is 29.7 Å². The number of unbranched alkanes of at least 4 members (excludes halogenated alkanes) is 15. The third-order valence-corrected chi connectivity index (χ3v) is 18.6. The maximum absolute atomic E-state index is 12.1. The molecule has 0 aromatic carbocycles. The molecule has 16 N–H and O–H groups in total. The van der Waals surface area contributed by atoms with E-state index in [2.05, 4.69) is 54.8 Å². The number of hydrogen-bond acceptors (Lipinski definition) is 22. The second-order valence-corrected chi connectivity index (χ2v) is 29.4. The Balaban J connectivity index is -0.00000171. The van der Waals surface area contributed by atoms with Crippen LogP contribution in [0.1, 0.15) is 298 Å². The Morgan fingerprint density at radius 2 is 0.525 bits per heavy atom. The van der Waals surface area contributed by atoms with Gasteiger partial charge < -0.3 is 103 Å². The van der Waals surface area contributed by atoms with E-state index in [1.165, 1.54) is 40.0 Å². The van der Waals surface area contributed by atoms with E-state index >= 15 is 0 Å². The average molecular weight is 1720 g/mol. The second-order valence-electron chi connectivity index (χ2n) is 29.4. The van der Waals surface area contributed by atoms with Crippen molar-refractivity contribution in [1.29, 1.82) is 0 Å². The van der Waals surface area contributed by atoms with Gasteiger partial charge in [0.15, 0.2) is 17.3 Å². The summed E-state index contributed by atoms with van der Waals surface area (Å²) in [4.78, 5) is 209. The van der Waals surface area contributed by atoms with Crippen LogP contribution < -0.4 is 47.9 Å². The summed E-state index contributed by atoms with van der Waals surface area (Å²) in [5, 5.41) is 85.7. The molecule has 0 rings (SSSR count). The number of carbonyl (C=O) groups excluding carboxylic acids is 11. The quantitative estimate of drug-likeness (QED) is 0.0255. The van der Waals surface area contributed by atoms with Crippen LogP contribution in [0.25, 0.3) is 0 Å². The molecule has 0 aromatic heterocycles. The van der Waals surface area contributed by atoms with Crippen LogP contribution in [0.5, 0.6) is 0 Å². The maximum Gasteiger partial charge on any atom is 0.326 e. The highest BCUT2D eigenvalue weighted by Gasteiger charge is 2.28. The minimum absolute atomic E-state index is 0.0337. The molecule has 7 atom stereocenters. The Labute approximate surface area is 705 Å². The molecule has 0 bridgehead atoms. The smallest absolute Gasteiger partial charge is 0.326 e. The van der Waals surface area contributed by atoms with Crippen molar-refractivity contribution in [2.75, 3.05) is 72.5 Å². The van der Waals surface area contributed by atoms with Crippen molar-refractivity contribution in [2.24, 2.45) is 5.92 Å². The first-order valence-electron chi connectivity index (χ1n) is 42.5. The first-order chi connectivity index (χ1) is 57.1. The van der Waals surface area contributed by atoms with Gasteiger partial charge in [0.25, 0.3) is 0 Å². The Kier molecular flexibility index (Phi) is 73.7. The zero-order chi connectivity index (χ0) is 90.7. The summed E-state index contributed by atoms with van der Waals surface area (Å²) in [5.41, 5.74) is 0. The Bertz CT molecular complexity index is 3000.